The fourth-order valence-corrected chi connectivity index (χ4v) is 8.48. The van der Waals surface area contributed by atoms with Crippen molar-refractivity contribution in [2.45, 2.75) is 31.8 Å². The van der Waals surface area contributed by atoms with Gasteiger partial charge in [0.1, 0.15) is 12.6 Å². The van der Waals surface area contributed by atoms with E-state index in [2.05, 4.69) is 20.8 Å². The van der Waals surface area contributed by atoms with Crippen LogP contribution in [-0.2, 0) is 54.0 Å². The van der Waals surface area contributed by atoms with Gasteiger partial charge in [0.25, 0.3) is 17.4 Å². The van der Waals surface area contributed by atoms with E-state index in [4.69, 9.17) is 51.6 Å². The number of nitrogens with zero attached hydrogens (tertiary/aromatic N) is 9. The van der Waals surface area contributed by atoms with Crippen molar-refractivity contribution in [3.63, 3.8) is 0 Å². The highest BCUT2D eigenvalue weighted by Gasteiger charge is 2.45. The summed E-state index contributed by atoms with van der Waals surface area (Å²) >= 11 is 12.3. The Morgan fingerprint density at radius 2 is 1.52 bits per heavy atom. The predicted octanol–water partition coefficient (Wildman–Crippen LogP) is 1.46. The minimum Gasteiger partial charge on any atom is -0.419 e. The van der Waals surface area contributed by atoms with E-state index in [0.717, 1.165) is 9.47 Å². The molecular formula is C44H49Cl2N11O12. The topological polar surface area (TPSA) is 257 Å². The van der Waals surface area contributed by atoms with Crippen LogP contribution in [0.15, 0.2) is 50.4 Å². The highest BCUT2D eigenvalue weighted by Crippen LogP contribution is 2.33. The zero-order valence-corrected chi connectivity index (χ0v) is 39.3. The van der Waals surface area contributed by atoms with Crippen LogP contribution in [0.25, 0.3) is 22.6 Å². The first-order chi connectivity index (χ1) is 33.3. The maximum absolute atomic E-state index is 13.5. The molecule has 5 amide bonds. The molecule has 23 nitrogen and oxygen atoms in total. The number of amides is 5. The maximum atomic E-state index is 13.5. The Kier molecular flexibility index (Phi) is 15.5. The first kappa shape index (κ1) is 48.9. The second-order valence-electron chi connectivity index (χ2n) is 16.2. The molecule has 0 bridgehead atoms. The summed E-state index contributed by atoms with van der Waals surface area (Å²) in [4.78, 5) is 99.0. The van der Waals surface area contributed by atoms with Crippen molar-refractivity contribution in [3.05, 3.63) is 84.3 Å². The second kappa shape index (κ2) is 21.9. The third-order valence-electron chi connectivity index (χ3n) is 11.8. The molecule has 1 atom stereocenters. The van der Waals surface area contributed by atoms with Gasteiger partial charge < -0.3 is 38.5 Å². The molecule has 0 saturated carbocycles. The summed E-state index contributed by atoms with van der Waals surface area (Å²) in [5.74, 6) is -1.53. The Bertz CT molecular complexity index is 2890. The molecule has 3 aliphatic rings. The number of aryl methyl sites for hydroxylation is 1. The lowest BCUT2D eigenvalue weighted by Crippen LogP contribution is -2.54. The molecule has 0 radical (unpaired) electrons. The van der Waals surface area contributed by atoms with Gasteiger partial charge in [-0.1, -0.05) is 29.3 Å². The number of imide groups is 2. The Morgan fingerprint density at radius 3 is 2.22 bits per heavy atom. The van der Waals surface area contributed by atoms with Crippen molar-refractivity contribution in [3.8, 4) is 11.5 Å². The van der Waals surface area contributed by atoms with Crippen LogP contribution in [0.1, 0.15) is 45.9 Å². The quantitative estimate of drug-likeness (QED) is 0.0779. The van der Waals surface area contributed by atoms with Gasteiger partial charge in [-0.3, -0.25) is 52.7 Å². The molecule has 2 fully saturated rings. The summed E-state index contributed by atoms with van der Waals surface area (Å²) in [6.45, 7) is 4.35. The van der Waals surface area contributed by atoms with Crippen molar-refractivity contribution in [1.82, 2.24) is 44.0 Å². The van der Waals surface area contributed by atoms with Crippen LogP contribution >= 0.6 is 23.2 Å². The summed E-state index contributed by atoms with van der Waals surface area (Å²) in [5.41, 5.74) is 0.703. The molecule has 3 aliphatic heterocycles. The summed E-state index contributed by atoms with van der Waals surface area (Å²) < 4.78 is 32.4. The number of anilines is 2. The molecule has 0 aliphatic carbocycles. The largest absolute Gasteiger partial charge is 0.419 e. The average Bonchev–Trinajstić information content (AvgIpc) is 4.04. The van der Waals surface area contributed by atoms with Gasteiger partial charge in [0.15, 0.2) is 11.2 Å². The Hall–Kier alpha value is -6.50. The van der Waals surface area contributed by atoms with E-state index in [-0.39, 0.29) is 72.4 Å². The number of piperidine rings is 1. The number of hydrogen-bond donors (Lipinski definition) is 2. The lowest BCUT2D eigenvalue weighted by molar-refractivity contribution is -0.136. The van der Waals surface area contributed by atoms with Gasteiger partial charge >= 0.3 is 5.69 Å². The molecule has 6 heterocycles. The van der Waals surface area contributed by atoms with Crippen LogP contribution in [0.4, 0.5) is 11.6 Å². The zero-order valence-electron chi connectivity index (χ0n) is 37.7. The SMILES string of the molecule is Cn1c(=O)c2c(nc(N3CCN(C(=O)CCOCCOCCOCCOCCNc4cccc5c4C(=O)N(C4CCC(=O)NC4=O)C5=O)CC3)n2Cc2nnc(-c3ccc(Cl)c(Cl)c3)o2)n(C)c1=O. The highest BCUT2D eigenvalue weighted by molar-refractivity contribution is 6.42. The molecule has 2 aromatic carbocycles. The minimum atomic E-state index is -1.04. The molecule has 0 spiro atoms. The Morgan fingerprint density at radius 1 is 0.826 bits per heavy atom. The smallest absolute Gasteiger partial charge is 0.332 e. The average molecular weight is 995 g/mol. The predicted molar refractivity (Wildman–Crippen MR) is 247 cm³/mol. The van der Waals surface area contributed by atoms with Crippen molar-refractivity contribution < 1.29 is 47.3 Å². The second-order valence-corrected chi connectivity index (χ2v) is 17.0. The summed E-state index contributed by atoms with van der Waals surface area (Å²) in [6, 6.07) is 8.74. The van der Waals surface area contributed by atoms with E-state index in [0.29, 0.717) is 106 Å². The number of carbonyl (C=O) groups is 5. The molecule has 8 rings (SSSR count). The standard InChI is InChI=1S/C44H49Cl2N11O12/c1-52-37-36(42(63)53(2)44(52)64)56(25-33-50-51-39(69-33)26-6-7-28(45)29(46)24-26)43(49-37)55-14-12-54(13-15-55)34(59)10-16-65-18-20-67-22-23-68-21-19-66-17-11-47-30-5-3-4-27-35(30)41(62)57(40(27)61)31-8-9-32(58)48-38(31)60/h3-7,24,31,47H,8-23,25H2,1-2H3,(H,48,58,60). The lowest BCUT2D eigenvalue weighted by Gasteiger charge is -2.35. The summed E-state index contributed by atoms with van der Waals surface area (Å²) in [5, 5.41) is 14.4. The first-order valence-electron chi connectivity index (χ1n) is 22.2. The van der Waals surface area contributed by atoms with E-state index in [1.165, 1.54) is 17.7 Å². The van der Waals surface area contributed by atoms with E-state index >= 15 is 0 Å². The van der Waals surface area contributed by atoms with Crippen molar-refractivity contribution in [1.29, 1.82) is 0 Å². The molecule has 2 saturated heterocycles. The Balaban J connectivity index is 0.702. The number of aromatic nitrogens is 6. The zero-order chi connectivity index (χ0) is 48.8. The Labute approximate surface area is 403 Å². The number of imidazole rings is 1. The number of benzene rings is 2. The van der Waals surface area contributed by atoms with Crippen LogP contribution in [0.3, 0.4) is 0 Å². The highest BCUT2D eigenvalue weighted by atomic mass is 35.5. The summed E-state index contributed by atoms with van der Waals surface area (Å²) in [6.07, 6.45) is 0.307. The van der Waals surface area contributed by atoms with Gasteiger partial charge in [-0.15, -0.1) is 10.2 Å². The fourth-order valence-electron chi connectivity index (χ4n) is 8.18. The van der Waals surface area contributed by atoms with Crippen molar-refractivity contribution in [2.75, 3.05) is 95.8 Å². The number of rotatable bonds is 21. The number of ether oxygens (including phenoxy) is 4. The van der Waals surface area contributed by atoms with Gasteiger partial charge in [0.05, 0.1) is 80.4 Å². The molecular weight excluding hydrogens is 945 g/mol. The number of nitrogens with one attached hydrogen (secondary N) is 2. The molecule has 25 heteroatoms. The molecule has 2 N–H and O–H groups in total. The van der Waals surface area contributed by atoms with E-state index in [1.807, 2.05) is 4.90 Å². The molecule has 1 unspecified atom stereocenters. The van der Waals surface area contributed by atoms with E-state index < -0.39 is 40.9 Å². The van der Waals surface area contributed by atoms with Gasteiger partial charge in [0, 0.05) is 64.5 Å². The van der Waals surface area contributed by atoms with Gasteiger partial charge in [-0.25, -0.2) is 4.79 Å². The van der Waals surface area contributed by atoms with Crippen LogP contribution < -0.4 is 26.8 Å². The van der Waals surface area contributed by atoms with Crippen molar-refractivity contribution >= 4 is 75.5 Å². The van der Waals surface area contributed by atoms with Crippen LogP contribution in [0.5, 0.6) is 0 Å². The van der Waals surface area contributed by atoms with Crippen LogP contribution in [-0.4, -0.2) is 160 Å². The fraction of sp³-hybridized carbons (Fsp3) is 0.455. The number of hydrogen-bond acceptors (Lipinski definition) is 17. The number of carbonyl (C=O) groups excluding carboxylic acids is 5. The monoisotopic (exact) mass is 993 g/mol. The van der Waals surface area contributed by atoms with E-state index in [1.54, 1.807) is 46.8 Å². The summed E-state index contributed by atoms with van der Waals surface area (Å²) in [7, 11) is 2.94. The van der Waals surface area contributed by atoms with Gasteiger partial charge in [-0.05, 0) is 36.8 Å². The first-order valence-corrected chi connectivity index (χ1v) is 22.9. The van der Waals surface area contributed by atoms with Crippen LogP contribution in [0.2, 0.25) is 10.0 Å². The van der Waals surface area contributed by atoms with Crippen molar-refractivity contribution in [2.24, 2.45) is 14.1 Å². The minimum absolute atomic E-state index is 0.0237. The number of halogens is 2. The van der Waals surface area contributed by atoms with Crippen LogP contribution in [0, 0.1) is 0 Å². The molecule has 69 heavy (non-hydrogen) atoms. The third kappa shape index (κ3) is 10.7. The van der Waals surface area contributed by atoms with Gasteiger partial charge in [-0.2, -0.15) is 4.98 Å². The number of fused-ring (bicyclic) bond motifs is 2. The van der Waals surface area contributed by atoms with Gasteiger partial charge in [0.2, 0.25) is 35.5 Å². The number of piperazine rings is 1. The lowest BCUT2D eigenvalue weighted by atomic mass is 10.0. The van der Waals surface area contributed by atoms with E-state index in [9.17, 15) is 33.6 Å². The normalized spacial score (nSPS) is 16.2. The molecule has 366 valence electrons. The molecule has 3 aromatic heterocycles. The molecule has 5 aromatic rings. The third-order valence-corrected chi connectivity index (χ3v) is 12.5. The maximum Gasteiger partial charge on any atom is 0.332 e.